The molecule has 0 saturated heterocycles. The van der Waals surface area contributed by atoms with Crippen LogP contribution in [0.25, 0.3) is 0 Å². The molecule has 0 aromatic rings. The van der Waals surface area contributed by atoms with Crippen LogP contribution in [0, 0.1) is 5.92 Å². The maximum absolute atomic E-state index is 11.3. The molecular formula is C10H21NO3S. The minimum absolute atomic E-state index is 0.0638. The van der Waals surface area contributed by atoms with Gasteiger partial charge in [0.05, 0.1) is 11.9 Å². The molecule has 15 heavy (non-hydrogen) atoms. The van der Waals surface area contributed by atoms with Crippen LogP contribution in [0.2, 0.25) is 0 Å². The molecule has 0 aromatic heterocycles. The second kappa shape index (κ2) is 6.98. The van der Waals surface area contributed by atoms with Crippen LogP contribution >= 0.6 is 0 Å². The summed E-state index contributed by atoms with van der Waals surface area (Å²) < 4.78 is 25.0. The molecule has 0 amide bonds. The van der Waals surface area contributed by atoms with Crippen molar-refractivity contribution in [3.05, 3.63) is 12.7 Å². The van der Waals surface area contributed by atoms with Gasteiger partial charge in [-0.1, -0.05) is 19.9 Å². The van der Waals surface area contributed by atoms with E-state index in [1.54, 1.807) is 6.08 Å². The second-order valence-corrected chi connectivity index (χ2v) is 5.82. The van der Waals surface area contributed by atoms with Gasteiger partial charge >= 0.3 is 0 Å². The van der Waals surface area contributed by atoms with Gasteiger partial charge in [-0.05, 0) is 18.8 Å². The van der Waals surface area contributed by atoms with Crippen molar-refractivity contribution in [2.75, 3.05) is 12.3 Å². The van der Waals surface area contributed by atoms with Gasteiger partial charge in [0, 0.05) is 6.54 Å². The molecule has 4 nitrogen and oxygen atoms in total. The quantitative estimate of drug-likeness (QED) is 0.614. The summed E-state index contributed by atoms with van der Waals surface area (Å²) in [5.74, 6) is 0.219. The van der Waals surface area contributed by atoms with Crippen LogP contribution in [0.15, 0.2) is 12.7 Å². The average Bonchev–Trinajstić information content (AvgIpc) is 2.14. The van der Waals surface area contributed by atoms with Crippen molar-refractivity contribution in [3.8, 4) is 0 Å². The van der Waals surface area contributed by atoms with Crippen molar-refractivity contribution in [1.82, 2.24) is 4.72 Å². The average molecular weight is 235 g/mol. The van der Waals surface area contributed by atoms with Gasteiger partial charge in [0.15, 0.2) is 0 Å². The molecule has 0 aromatic carbocycles. The van der Waals surface area contributed by atoms with Crippen molar-refractivity contribution in [1.29, 1.82) is 0 Å². The summed E-state index contributed by atoms with van der Waals surface area (Å²) >= 11 is 0. The van der Waals surface area contributed by atoms with E-state index in [1.807, 2.05) is 13.8 Å². The third-order valence-corrected chi connectivity index (χ3v) is 3.54. The Morgan fingerprint density at radius 3 is 2.53 bits per heavy atom. The van der Waals surface area contributed by atoms with E-state index in [0.717, 1.165) is 0 Å². The molecule has 0 bridgehead atoms. The lowest BCUT2D eigenvalue weighted by Crippen LogP contribution is -2.30. The standard InChI is InChI=1S/C10H21NO3S/c1-4-5-8-15(13,14)11-7-6-10(12)9(2)3/h4,9-12H,1,5-8H2,2-3H3. The SMILES string of the molecule is C=CCCS(=O)(=O)NCCC(O)C(C)C. The molecule has 0 aliphatic heterocycles. The Hall–Kier alpha value is -0.390. The van der Waals surface area contributed by atoms with Gasteiger partial charge < -0.3 is 5.11 Å². The van der Waals surface area contributed by atoms with E-state index in [1.165, 1.54) is 0 Å². The fraction of sp³-hybridized carbons (Fsp3) is 0.800. The summed E-state index contributed by atoms with van der Waals surface area (Å²) in [6.07, 6.45) is 2.02. The van der Waals surface area contributed by atoms with E-state index in [-0.39, 0.29) is 11.7 Å². The number of hydrogen-bond acceptors (Lipinski definition) is 3. The zero-order valence-electron chi connectivity index (χ0n) is 9.44. The molecule has 0 heterocycles. The minimum atomic E-state index is -3.20. The number of hydrogen-bond donors (Lipinski definition) is 2. The lowest BCUT2D eigenvalue weighted by molar-refractivity contribution is 0.118. The van der Waals surface area contributed by atoms with Gasteiger partial charge in [-0.2, -0.15) is 0 Å². The molecule has 0 radical (unpaired) electrons. The first-order valence-electron chi connectivity index (χ1n) is 5.15. The molecule has 1 atom stereocenters. The van der Waals surface area contributed by atoms with E-state index in [0.29, 0.717) is 19.4 Å². The maximum Gasteiger partial charge on any atom is 0.211 e. The Labute approximate surface area is 92.4 Å². The molecular weight excluding hydrogens is 214 g/mol. The number of rotatable bonds is 8. The number of allylic oxidation sites excluding steroid dienone is 1. The number of nitrogens with one attached hydrogen (secondary N) is 1. The third-order valence-electron chi connectivity index (χ3n) is 2.12. The normalized spacial score (nSPS) is 14.1. The number of aliphatic hydroxyl groups excluding tert-OH is 1. The Balaban J connectivity index is 3.80. The molecule has 0 rings (SSSR count). The third kappa shape index (κ3) is 7.53. The Kier molecular flexibility index (Phi) is 6.80. The molecule has 1 unspecified atom stereocenters. The zero-order chi connectivity index (χ0) is 11.9. The van der Waals surface area contributed by atoms with Gasteiger partial charge in [0.2, 0.25) is 10.0 Å². The fourth-order valence-electron chi connectivity index (χ4n) is 1.01. The Morgan fingerprint density at radius 2 is 2.07 bits per heavy atom. The first-order valence-corrected chi connectivity index (χ1v) is 6.80. The molecule has 5 heteroatoms. The summed E-state index contributed by atoms with van der Waals surface area (Å²) in [5.41, 5.74) is 0. The van der Waals surface area contributed by atoms with Crippen LogP contribution in [0.4, 0.5) is 0 Å². The van der Waals surface area contributed by atoms with Crippen LogP contribution < -0.4 is 4.72 Å². The smallest absolute Gasteiger partial charge is 0.211 e. The van der Waals surface area contributed by atoms with Crippen LogP contribution in [0.5, 0.6) is 0 Å². The van der Waals surface area contributed by atoms with E-state index in [2.05, 4.69) is 11.3 Å². The predicted octanol–water partition coefficient (Wildman–Crippen LogP) is 0.889. The summed E-state index contributed by atoms with van der Waals surface area (Å²) in [4.78, 5) is 0. The number of sulfonamides is 1. The number of aliphatic hydroxyl groups is 1. The lowest BCUT2D eigenvalue weighted by atomic mass is 10.1. The maximum atomic E-state index is 11.3. The van der Waals surface area contributed by atoms with E-state index in [9.17, 15) is 13.5 Å². The lowest BCUT2D eigenvalue weighted by Gasteiger charge is -2.14. The van der Waals surface area contributed by atoms with Crippen molar-refractivity contribution in [2.45, 2.75) is 32.8 Å². The van der Waals surface area contributed by atoms with Gasteiger partial charge in [-0.15, -0.1) is 6.58 Å². The van der Waals surface area contributed by atoms with Crippen molar-refractivity contribution < 1.29 is 13.5 Å². The molecule has 0 fully saturated rings. The van der Waals surface area contributed by atoms with Crippen molar-refractivity contribution in [2.24, 2.45) is 5.92 Å². The molecule has 0 saturated carbocycles. The van der Waals surface area contributed by atoms with E-state index < -0.39 is 16.1 Å². The largest absolute Gasteiger partial charge is 0.393 e. The summed E-state index contributed by atoms with van der Waals surface area (Å²) in [6.45, 7) is 7.55. The van der Waals surface area contributed by atoms with Crippen molar-refractivity contribution >= 4 is 10.0 Å². The minimum Gasteiger partial charge on any atom is -0.393 e. The fourth-order valence-corrected chi connectivity index (χ4v) is 2.06. The second-order valence-electron chi connectivity index (χ2n) is 3.89. The van der Waals surface area contributed by atoms with E-state index >= 15 is 0 Å². The molecule has 0 spiro atoms. The van der Waals surface area contributed by atoms with Gasteiger partial charge in [0.25, 0.3) is 0 Å². The monoisotopic (exact) mass is 235 g/mol. The van der Waals surface area contributed by atoms with Gasteiger partial charge in [-0.25, -0.2) is 13.1 Å². The Bertz CT molecular complexity index is 272. The summed E-state index contributed by atoms with van der Waals surface area (Å²) in [6, 6.07) is 0. The van der Waals surface area contributed by atoms with E-state index in [4.69, 9.17) is 0 Å². The van der Waals surface area contributed by atoms with Crippen LogP contribution in [-0.4, -0.2) is 31.9 Å². The first kappa shape index (κ1) is 14.6. The van der Waals surface area contributed by atoms with Crippen LogP contribution in [0.3, 0.4) is 0 Å². The molecule has 2 N–H and O–H groups in total. The van der Waals surface area contributed by atoms with Crippen molar-refractivity contribution in [3.63, 3.8) is 0 Å². The molecule has 0 aliphatic carbocycles. The highest BCUT2D eigenvalue weighted by atomic mass is 32.2. The summed E-state index contributed by atoms with van der Waals surface area (Å²) in [7, 11) is -3.20. The van der Waals surface area contributed by atoms with Gasteiger partial charge in [-0.3, -0.25) is 0 Å². The highest BCUT2D eigenvalue weighted by Gasteiger charge is 2.12. The molecule has 0 aliphatic rings. The van der Waals surface area contributed by atoms with Gasteiger partial charge in [0.1, 0.15) is 0 Å². The zero-order valence-corrected chi connectivity index (χ0v) is 10.3. The highest BCUT2D eigenvalue weighted by molar-refractivity contribution is 7.89. The molecule has 90 valence electrons. The predicted molar refractivity (Wildman–Crippen MR) is 62.1 cm³/mol. The highest BCUT2D eigenvalue weighted by Crippen LogP contribution is 2.04. The topological polar surface area (TPSA) is 66.4 Å². The first-order chi connectivity index (χ1) is 6.89. The van der Waals surface area contributed by atoms with Crippen LogP contribution in [-0.2, 0) is 10.0 Å². The van der Waals surface area contributed by atoms with Crippen LogP contribution in [0.1, 0.15) is 26.7 Å². The summed E-state index contributed by atoms with van der Waals surface area (Å²) in [5, 5.41) is 9.45. The Morgan fingerprint density at radius 1 is 1.47 bits per heavy atom.